The van der Waals surface area contributed by atoms with E-state index in [-0.39, 0.29) is 13.2 Å². The summed E-state index contributed by atoms with van der Waals surface area (Å²) in [5, 5.41) is 2.83. The Morgan fingerprint density at radius 1 is 1.12 bits per heavy atom. The number of nitrogens with zero attached hydrogens (tertiary/aromatic N) is 1. The predicted molar refractivity (Wildman–Crippen MR) is 128 cm³/mol. The minimum atomic E-state index is -0.583. The van der Waals surface area contributed by atoms with E-state index in [4.69, 9.17) is 14.0 Å². The van der Waals surface area contributed by atoms with E-state index in [1.807, 2.05) is 87.8 Å². The molecule has 0 saturated carbocycles. The number of carbonyl (C=O) groups excluding carboxylic acids is 1. The molecule has 0 unspecified atom stereocenters. The fraction of sp³-hybridized carbons (Fsp3) is 0.333. The first-order chi connectivity index (χ1) is 15.2. The lowest BCUT2D eigenvalue weighted by atomic mass is 9.77. The van der Waals surface area contributed by atoms with Crippen LogP contribution in [0.1, 0.15) is 38.8 Å². The van der Waals surface area contributed by atoms with Gasteiger partial charge in [-0.1, -0.05) is 42.5 Å². The number of aromatic nitrogens is 1. The standard InChI is InChI=1S/C24H27BN2O4S/c1-23(2)24(3,4)31-25(30-23)19(12-18-10-11-21-20(13-18)27-16-32-21)14-26-22(28)29-15-17-8-6-5-7-9-17/h5-13,16H,14-15H2,1-4H3,(H,26,28). The number of benzene rings is 2. The maximum atomic E-state index is 12.3. The molecule has 1 N–H and O–H groups in total. The predicted octanol–water partition coefficient (Wildman–Crippen LogP) is 5.24. The van der Waals surface area contributed by atoms with Crippen molar-refractivity contribution in [1.29, 1.82) is 0 Å². The second-order valence-corrected chi connectivity index (χ2v) is 9.69. The van der Waals surface area contributed by atoms with Gasteiger partial charge in [0.15, 0.2) is 0 Å². The molecule has 1 saturated heterocycles. The molecule has 32 heavy (non-hydrogen) atoms. The molecule has 1 aromatic heterocycles. The van der Waals surface area contributed by atoms with Crippen molar-refractivity contribution in [3.05, 3.63) is 70.6 Å². The average Bonchev–Trinajstić information content (AvgIpc) is 3.31. The number of amides is 1. The van der Waals surface area contributed by atoms with E-state index < -0.39 is 24.4 Å². The van der Waals surface area contributed by atoms with Gasteiger partial charge >= 0.3 is 13.2 Å². The third-order valence-corrected chi connectivity index (χ3v) is 6.72. The number of alkyl carbamates (subject to hydrolysis) is 1. The lowest BCUT2D eigenvalue weighted by Crippen LogP contribution is -2.41. The van der Waals surface area contributed by atoms with Gasteiger partial charge in [0.05, 0.1) is 26.9 Å². The number of hydrogen-bond donors (Lipinski definition) is 1. The first kappa shape index (κ1) is 22.5. The van der Waals surface area contributed by atoms with Crippen molar-refractivity contribution in [2.24, 2.45) is 0 Å². The summed E-state index contributed by atoms with van der Waals surface area (Å²) in [7, 11) is -0.583. The van der Waals surface area contributed by atoms with Crippen molar-refractivity contribution in [1.82, 2.24) is 10.3 Å². The summed E-state index contributed by atoms with van der Waals surface area (Å²) in [5.41, 5.74) is 4.50. The Kier molecular flexibility index (Phi) is 6.37. The quantitative estimate of drug-likeness (QED) is 0.521. The lowest BCUT2D eigenvalue weighted by molar-refractivity contribution is 0.00578. The molecule has 3 aromatic rings. The van der Waals surface area contributed by atoms with Gasteiger partial charge in [0.1, 0.15) is 6.61 Å². The first-order valence-electron chi connectivity index (χ1n) is 10.6. The van der Waals surface area contributed by atoms with Crippen LogP contribution in [-0.2, 0) is 20.7 Å². The molecule has 0 radical (unpaired) electrons. The van der Waals surface area contributed by atoms with Crippen LogP contribution < -0.4 is 5.32 Å². The van der Waals surface area contributed by atoms with Gasteiger partial charge in [0.2, 0.25) is 0 Å². The Hall–Kier alpha value is -2.68. The van der Waals surface area contributed by atoms with E-state index in [0.29, 0.717) is 0 Å². The van der Waals surface area contributed by atoms with Crippen molar-refractivity contribution in [3.63, 3.8) is 0 Å². The molecular formula is C24H27BN2O4S. The Balaban J connectivity index is 1.50. The molecule has 8 heteroatoms. The third kappa shape index (κ3) is 5.04. The third-order valence-electron chi connectivity index (χ3n) is 5.91. The van der Waals surface area contributed by atoms with E-state index in [9.17, 15) is 4.79 Å². The molecule has 1 aliphatic rings. The zero-order valence-electron chi connectivity index (χ0n) is 18.8. The first-order valence-corrected chi connectivity index (χ1v) is 11.5. The maximum absolute atomic E-state index is 12.3. The summed E-state index contributed by atoms with van der Waals surface area (Å²) in [6.45, 7) is 8.48. The molecule has 0 bridgehead atoms. The summed E-state index contributed by atoms with van der Waals surface area (Å²) in [4.78, 5) is 16.7. The molecule has 0 atom stereocenters. The number of rotatable bonds is 6. The highest BCUT2D eigenvalue weighted by molar-refractivity contribution is 7.16. The molecular weight excluding hydrogens is 423 g/mol. The molecule has 6 nitrogen and oxygen atoms in total. The van der Waals surface area contributed by atoms with Gasteiger partial charge in [0, 0.05) is 6.54 Å². The minimum Gasteiger partial charge on any atom is -0.445 e. The maximum Gasteiger partial charge on any atom is 0.492 e. The number of ether oxygens (including phenoxy) is 1. The number of nitrogens with one attached hydrogen (secondary N) is 1. The highest BCUT2D eigenvalue weighted by Gasteiger charge is 2.52. The smallest absolute Gasteiger partial charge is 0.445 e. The van der Waals surface area contributed by atoms with Gasteiger partial charge in [0.25, 0.3) is 0 Å². The van der Waals surface area contributed by atoms with E-state index in [0.717, 1.165) is 26.8 Å². The Morgan fingerprint density at radius 2 is 1.84 bits per heavy atom. The Labute approximate surface area is 192 Å². The van der Waals surface area contributed by atoms with Gasteiger partial charge in [-0.3, -0.25) is 0 Å². The van der Waals surface area contributed by atoms with Crippen LogP contribution >= 0.6 is 11.3 Å². The van der Waals surface area contributed by atoms with Gasteiger partial charge in [-0.2, -0.15) is 0 Å². The molecule has 0 aliphatic carbocycles. The number of hydrogen-bond acceptors (Lipinski definition) is 6. The van der Waals surface area contributed by atoms with E-state index >= 15 is 0 Å². The SMILES string of the molecule is CC1(C)OB(C(=Cc2ccc3scnc3c2)CNC(=O)OCc2ccccc2)OC1(C)C. The average molecular weight is 450 g/mol. The summed E-state index contributed by atoms with van der Waals surface area (Å²) < 4.78 is 19.0. The second kappa shape index (κ2) is 9.06. The number of fused-ring (bicyclic) bond motifs is 1. The fourth-order valence-electron chi connectivity index (χ4n) is 3.32. The summed E-state index contributed by atoms with van der Waals surface area (Å²) >= 11 is 1.60. The molecule has 1 aliphatic heterocycles. The van der Waals surface area contributed by atoms with Crippen molar-refractivity contribution in [2.75, 3.05) is 6.54 Å². The largest absolute Gasteiger partial charge is 0.492 e. The van der Waals surface area contributed by atoms with E-state index in [1.54, 1.807) is 11.3 Å². The van der Waals surface area contributed by atoms with Crippen molar-refractivity contribution < 1.29 is 18.8 Å². The van der Waals surface area contributed by atoms with Gasteiger partial charge < -0.3 is 19.4 Å². The zero-order valence-corrected chi connectivity index (χ0v) is 19.6. The molecule has 2 aromatic carbocycles. The normalized spacial score (nSPS) is 17.5. The van der Waals surface area contributed by atoms with Gasteiger partial charge in [-0.15, -0.1) is 11.3 Å². The van der Waals surface area contributed by atoms with Crippen LogP contribution in [0.25, 0.3) is 16.3 Å². The lowest BCUT2D eigenvalue weighted by Gasteiger charge is -2.32. The van der Waals surface area contributed by atoms with Crippen LogP contribution in [0.15, 0.2) is 59.5 Å². The summed E-state index contributed by atoms with van der Waals surface area (Å²) in [5.74, 6) is 0. The number of thiazole rings is 1. The molecule has 0 spiro atoms. The summed E-state index contributed by atoms with van der Waals surface area (Å²) in [6, 6.07) is 15.7. The second-order valence-electron chi connectivity index (χ2n) is 8.80. The zero-order chi connectivity index (χ0) is 22.8. The van der Waals surface area contributed by atoms with Crippen LogP contribution in [0.3, 0.4) is 0 Å². The van der Waals surface area contributed by atoms with Crippen LogP contribution in [-0.4, -0.2) is 35.9 Å². The monoisotopic (exact) mass is 450 g/mol. The van der Waals surface area contributed by atoms with E-state index in [1.165, 1.54) is 0 Å². The molecule has 2 heterocycles. The van der Waals surface area contributed by atoms with Crippen molar-refractivity contribution >= 4 is 40.8 Å². The van der Waals surface area contributed by atoms with Gasteiger partial charge in [-0.25, -0.2) is 9.78 Å². The van der Waals surface area contributed by atoms with Crippen molar-refractivity contribution in [2.45, 2.75) is 45.5 Å². The van der Waals surface area contributed by atoms with Crippen LogP contribution in [0.2, 0.25) is 0 Å². The Bertz CT molecular complexity index is 1110. The summed E-state index contributed by atoms with van der Waals surface area (Å²) in [6.07, 6.45) is 1.49. The Morgan fingerprint density at radius 3 is 2.56 bits per heavy atom. The highest BCUT2D eigenvalue weighted by Crippen LogP contribution is 2.38. The van der Waals surface area contributed by atoms with Crippen LogP contribution in [0.5, 0.6) is 0 Å². The van der Waals surface area contributed by atoms with Crippen LogP contribution in [0.4, 0.5) is 4.79 Å². The molecule has 1 fully saturated rings. The molecule has 1 amide bonds. The van der Waals surface area contributed by atoms with Gasteiger partial charge in [-0.05, 0) is 56.4 Å². The molecule has 4 rings (SSSR count). The highest BCUT2D eigenvalue weighted by atomic mass is 32.1. The molecule has 166 valence electrons. The van der Waals surface area contributed by atoms with E-state index in [2.05, 4.69) is 10.3 Å². The van der Waals surface area contributed by atoms with Crippen molar-refractivity contribution in [3.8, 4) is 0 Å². The fourth-order valence-corrected chi connectivity index (χ4v) is 3.98. The minimum absolute atomic E-state index is 0.211. The number of carbonyl (C=O) groups is 1. The van der Waals surface area contributed by atoms with Crippen LogP contribution in [0, 0.1) is 0 Å². The topological polar surface area (TPSA) is 69.7 Å².